The molecule has 0 fully saturated rings. The lowest BCUT2D eigenvalue weighted by molar-refractivity contribution is -0.120. The lowest BCUT2D eigenvalue weighted by Gasteiger charge is -2.08. The van der Waals surface area contributed by atoms with E-state index >= 15 is 0 Å². The van der Waals surface area contributed by atoms with E-state index in [4.69, 9.17) is 5.11 Å². The molecule has 0 aliphatic rings. The fraction of sp³-hybridized carbons (Fsp3) is 0.375. The maximum absolute atomic E-state index is 12.1. The van der Waals surface area contributed by atoms with Crippen LogP contribution in [-0.2, 0) is 4.79 Å². The fourth-order valence-electron chi connectivity index (χ4n) is 1.69. The first kappa shape index (κ1) is 16.7. The largest absolute Gasteiger partial charge is 0.395 e. The van der Waals surface area contributed by atoms with Gasteiger partial charge in [0, 0.05) is 18.5 Å². The summed E-state index contributed by atoms with van der Waals surface area (Å²) in [5, 5.41) is 13.9. The van der Waals surface area contributed by atoms with Crippen LogP contribution in [0.4, 0.5) is 0 Å². The Hall–Kier alpha value is -2.32. The highest BCUT2D eigenvalue weighted by Crippen LogP contribution is 2.10. The summed E-state index contributed by atoms with van der Waals surface area (Å²) < 4.78 is 0. The van der Waals surface area contributed by atoms with Gasteiger partial charge in [0.25, 0.3) is 5.91 Å². The SMILES string of the molecule is CCNC(=O)CNC(=O)c1ccc(C)cc1C#CCCO. The number of aliphatic hydroxyl groups excluding tert-OH is 1. The van der Waals surface area contributed by atoms with Gasteiger partial charge in [-0.2, -0.15) is 0 Å². The summed E-state index contributed by atoms with van der Waals surface area (Å²) in [5.41, 5.74) is 2.01. The van der Waals surface area contributed by atoms with Crippen molar-refractivity contribution in [2.24, 2.45) is 0 Å². The second-order valence-corrected chi connectivity index (χ2v) is 4.46. The molecule has 0 aromatic heterocycles. The van der Waals surface area contributed by atoms with Gasteiger partial charge < -0.3 is 15.7 Å². The Balaban J connectivity index is 2.84. The molecule has 1 aromatic rings. The van der Waals surface area contributed by atoms with Crippen LogP contribution in [0.1, 0.15) is 34.8 Å². The highest BCUT2D eigenvalue weighted by molar-refractivity contribution is 5.98. The predicted molar refractivity (Wildman–Crippen MR) is 80.8 cm³/mol. The standard InChI is InChI=1S/C16H20N2O3/c1-3-17-15(20)11-18-16(21)14-8-7-12(2)10-13(14)6-4-5-9-19/h7-8,10,19H,3,5,9,11H2,1-2H3,(H,17,20)(H,18,21). The van der Waals surface area contributed by atoms with Gasteiger partial charge in [-0.05, 0) is 31.5 Å². The molecule has 5 heteroatoms. The molecular weight excluding hydrogens is 268 g/mol. The average molecular weight is 288 g/mol. The van der Waals surface area contributed by atoms with Crippen LogP contribution < -0.4 is 10.6 Å². The summed E-state index contributed by atoms with van der Waals surface area (Å²) in [6, 6.07) is 5.31. The number of aryl methyl sites for hydroxylation is 1. The van der Waals surface area contributed by atoms with Gasteiger partial charge in [0.1, 0.15) is 0 Å². The van der Waals surface area contributed by atoms with Crippen LogP contribution in [0.5, 0.6) is 0 Å². The summed E-state index contributed by atoms with van der Waals surface area (Å²) in [7, 11) is 0. The number of likely N-dealkylation sites (N-methyl/N-ethyl adjacent to an activating group) is 1. The summed E-state index contributed by atoms with van der Waals surface area (Å²) in [6.07, 6.45) is 0.355. The molecule has 5 nitrogen and oxygen atoms in total. The third kappa shape index (κ3) is 5.67. The van der Waals surface area contributed by atoms with Crippen molar-refractivity contribution in [3.63, 3.8) is 0 Å². The van der Waals surface area contributed by atoms with Crippen molar-refractivity contribution in [1.82, 2.24) is 10.6 Å². The Labute approximate surface area is 124 Å². The molecule has 0 atom stereocenters. The Kier molecular flexibility index (Phi) is 6.99. The number of hydrogen-bond donors (Lipinski definition) is 3. The molecule has 0 aliphatic heterocycles. The maximum atomic E-state index is 12.1. The molecule has 0 bridgehead atoms. The van der Waals surface area contributed by atoms with Crippen molar-refractivity contribution in [2.75, 3.05) is 19.7 Å². The predicted octanol–water partition coefficient (Wildman–Crippen LogP) is 0.595. The van der Waals surface area contributed by atoms with Crippen molar-refractivity contribution < 1.29 is 14.7 Å². The van der Waals surface area contributed by atoms with E-state index in [-0.39, 0.29) is 25.0 Å². The van der Waals surface area contributed by atoms with E-state index in [1.165, 1.54) is 0 Å². The van der Waals surface area contributed by atoms with Gasteiger partial charge in [0.2, 0.25) is 5.91 Å². The van der Waals surface area contributed by atoms with E-state index in [9.17, 15) is 9.59 Å². The van der Waals surface area contributed by atoms with Crippen LogP contribution in [-0.4, -0.2) is 36.6 Å². The molecule has 2 amide bonds. The van der Waals surface area contributed by atoms with E-state index in [2.05, 4.69) is 22.5 Å². The minimum Gasteiger partial charge on any atom is -0.395 e. The van der Waals surface area contributed by atoms with Gasteiger partial charge in [0.15, 0.2) is 0 Å². The van der Waals surface area contributed by atoms with E-state index in [1.807, 2.05) is 26.0 Å². The molecule has 0 saturated heterocycles. The molecule has 0 heterocycles. The summed E-state index contributed by atoms with van der Waals surface area (Å²) in [4.78, 5) is 23.5. The van der Waals surface area contributed by atoms with Gasteiger partial charge in [-0.3, -0.25) is 9.59 Å². The number of benzene rings is 1. The number of aliphatic hydroxyl groups is 1. The average Bonchev–Trinajstić information content (AvgIpc) is 2.45. The zero-order valence-electron chi connectivity index (χ0n) is 12.3. The minimum absolute atomic E-state index is 0.0163. The molecule has 3 N–H and O–H groups in total. The first-order valence-electron chi connectivity index (χ1n) is 6.83. The highest BCUT2D eigenvalue weighted by Gasteiger charge is 2.11. The van der Waals surface area contributed by atoms with Crippen LogP contribution in [0.25, 0.3) is 0 Å². The van der Waals surface area contributed by atoms with Gasteiger partial charge >= 0.3 is 0 Å². The van der Waals surface area contributed by atoms with Crippen LogP contribution >= 0.6 is 0 Å². The topological polar surface area (TPSA) is 78.4 Å². The van der Waals surface area contributed by atoms with Crippen LogP contribution in [0.2, 0.25) is 0 Å². The minimum atomic E-state index is -0.338. The second-order valence-electron chi connectivity index (χ2n) is 4.46. The van der Waals surface area contributed by atoms with Crippen LogP contribution in [0.3, 0.4) is 0 Å². The summed E-state index contributed by atoms with van der Waals surface area (Å²) in [6.45, 7) is 4.17. The molecule has 112 valence electrons. The van der Waals surface area contributed by atoms with Crippen molar-refractivity contribution in [1.29, 1.82) is 0 Å². The van der Waals surface area contributed by atoms with Crippen molar-refractivity contribution in [3.05, 3.63) is 34.9 Å². The monoisotopic (exact) mass is 288 g/mol. The van der Waals surface area contributed by atoms with Gasteiger partial charge in [-0.25, -0.2) is 0 Å². The fourth-order valence-corrected chi connectivity index (χ4v) is 1.69. The zero-order chi connectivity index (χ0) is 15.7. The van der Waals surface area contributed by atoms with Gasteiger partial charge in [-0.1, -0.05) is 17.9 Å². The summed E-state index contributed by atoms with van der Waals surface area (Å²) in [5.74, 6) is 5.11. The third-order valence-electron chi connectivity index (χ3n) is 2.66. The molecule has 21 heavy (non-hydrogen) atoms. The molecule has 0 aliphatic carbocycles. The number of amides is 2. The normalized spacial score (nSPS) is 9.48. The van der Waals surface area contributed by atoms with E-state index < -0.39 is 0 Å². The molecule has 0 saturated carbocycles. The molecular formula is C16H20N2O3. The number of hydrogen-bond acceptors (Lipinski definition) is 3. The first-order valence-corrected chi connectivity index (χ1v) is 6.83. The van der Waals surface area contributed by atoms with E-state index in [0.717, 1.165) is 5.56 Å². The molecule has 1 aromatic carbocycles. The first-order chi connectivity index (χ1) is 10.1. The van der Waals surface area contributed by atoms with E-state index in [1.54, 1.807) is 6.07 Å². The Bertz CT molecular complexity index is 571. The summed E-state index contributed by atoms with van der Waals surface area (Å²) >= 11 is 0. The lowest BCUT2D eigenvalue weighted by atomic mass is 10.0. The van der Waals surface area contributed by atoms with Crippen molar-refractivity contribution in [3.8, 4) is 11.8 Å². The Morgan fingerprint density at radius 1 is 1.29 bits per heavy atom. The zero-order valence-corrected chi connectivity index (χ0v) is 12.3. The molecule has 0 spiro atoms. The Morgan fingerprint density at radius 3 is 2.71 bits per heavy atom. The van der Waals surface area contributed by atoms with Crippen LogP contribution in [0.15, 0.2) is 18.2 Å². The number of carbonyl (C=O) groups excluding carboxylic acids is 2. The number of carbonyl (C=O) groups is 2. The Morgan fingerprint density at radius 2 is 2.05 bits per heavy atom. The number of rotatable bonds is 5. The lowest BCUT2D eigenvalue weighted by Crippen LogP contribution is -2.37. The van der Waals surface area contributed by atoms with Crippen molar-refractivity contribution in [2.45, 2.75) is 20.3 Å². The quantitative estimate of drug-likeness (QED) is 0.694. The molecule has 0 unspecified atom stereocenters. The van der Waals surface area contributed by atoms with Crippen molar-refractivity contribution >= 4 is 11.8 Å². The molecule has 1 rings (SSSR count). The second kappa shape index (κ2) is 8.77. The maximum Gasteiger partial charge on any atom is 0.252 e. The van der Waals surface area contributed by atoms with E-state index in [0.29, 0.717) is 24.1 Å². The van der Waals surface area contributed by atoms with Gasteiger partial charge in [0.05, 0.1) is 18.7 Å². The van der Waals surface area contributed by atoms with Crippen LogP contribution in [0, 0.1) is 18.8 Å². The highest BCUT2D eigenvalue weighted by atomic mass is 16.2. The third-order valence-corrected chi connectivity index (χ3v) is 2.66. The van der Waals surface area contributed by atoms with Gasteiger partial charge in [-0.15, -0.1) is 0 Å². The number of nitrogens with one attached hydrogen (secondary N) is 2. The molecule has 0 radical (unpaired) electrons. The smallest absolute Gasteiger partial charge is 0.252 e.